The van der Waals surface area contributed by atoms with Crippen LogP contribution in [-0.4, -0.2) is 128 Å². The van der Waals surface area contributed by atoms with Crippen LogP contribution in [0.15, 0.2) is 0 Å². The fraction of sp³-hybridized carbons (Fsp3) is 1.00. The smallest absolute Gasteiger partial charge is 0.0809 e. The zero-order valence-corrected chi connectivity index (χ0v) is 20.5. The summed E-state index contributed by atoms with van der Waals surface area (Å²) in [5, 5.41) is 0. The van der Waals surface area contributed by atoms with Crippen molar-refractivity contribution >= 4 is 0 Å². The van der Waals surface area contributed by atoms with Gasteiger partial charge in [-0.25, -0.2) is 0 Å². The van der Waals surface area contributed by atoms with Crippen LogP contribution in [0.25, 0.3) is 0 Å². The van der Waals surface area contributed by atoms with Gasteiger partial charge in [0, 0.05) is 39.3 Å². The minimum Gasteiger partial charge on any atom is -0.378 e. The molecule has 0 aromatic heterocycles. The van der Waals surface area contributed by atoms with Gasteiger partial charge in [0.1, 0.15) is 0 Å². The summed E-state index contributed by atoms with van der Waals surface area (Å²) in [7, 11) is 0. The van der Waals surface area contributed by atoms with Crippen LogP contribution < -0.4 is 0 Å². The monoisotopic (exact) mass is 460 g/mol. The second kappa shape index (κ2) is 20.1. The van der Waals surface area contributed by atoms with Gasteiger partial charge in [-0.05, 0) is 6.42 Å². The highest BCUT2D eigenvalue weighted by Gasteiger charge is 2.13. The number of nitrogens with zero attached hydrogens (tertiary/aromatic N) is 2. The van der Waals surface area contributed by atoms with E-state index in [1.165, 1.54) is 25.7 Å². The van der Waals surface area contributed by atoms with E-state index >= 15 is 0 Å². The maximum atomic E-state index is 6.29. The van der Waals surface area contributed by atoms with Gasteiger partial charge >= 0.3 is 0 Å². The molecule has 0 saturated carbocycles. The third-order valence-corrected chi connectivity index (χ3v) is 5.95. The summed E-state index contributed by atoms with van der Waals surface area (Å²) in [6, 6.07) is 0. The number of hydrogen-bond acceptors (Lipinski definition) is 8. The molecule has 8 nitrogen and oxygen atoms in total. The molecule has 0 radical (unpaired) electrons. The molecule has 190 valence electrons. The Morgan fingerprint density at radius 2 is 1.00 bits per heavy atom. The first-order chi connectivity index (χ1) is 15.9. The van der Waals surface area contributed by atoms with Gasteiger partial charge in [0.15, 0.2) is 0 Å². The first-order valence-electron chi connectivity index (χ1n) is 12.8. The van der Waals surface area contributed by atoms with Gasteiger partial charge in [0.25, 0.3) is 0 Å². The molecule has 1 unspecified atom stereocenters. The Bertz CT molecular complexity index is 398. The quantitative estimate of drug-likeness (QED) is 0.578. The van der Waals surface area contributed by atoms with Gasteiger partial charge < -0.3 is 28.4 Å². The van der Waals surface area contributed by atoms with Crippen LogP contribution in [-0.2, 0) is 28.4 Å². The fourth-order valence-corrected chi connectivity index (χ4v) is 3.86. The maximum absolute atomic E-state index is 6.29. The summed E-state index contributed by atoms with van der Waals surface area (Å²) in [6.07, 6.45) is 6.25. The van der Waals surface area contributed by atoms with Crippen LogP contribution in [0, 0.1) is 0 Å². The van der Waals surface area contributed by atoms with E-state index in [4.69, 9.17) is 28.4 Å². The molecule has 3 heterocycles. The second-order valence-corrected chi connectivity index (χ2v) is 8.55. The Morgan fingerprint density at radius 1 is 0.531 bits per heavy atom. The zero-order chi connectivity index (χ0) is 22.5. The lowest BCUT2D eigenvalue weighted by Gasteiger charge is -2.26. The molecular formula is C24H48N2O6. The van der Waals surface area contributed by atoms with E-state index in [0.29, 0.717) is 72.7 Å². The first-order valence-corrected chi connectivity index (χ1v) is 12.8. The highest BCUT2D eigenvalue weighted by atomic mass is 16.5. The molecule has 0 amide bonds. The molecule has 2 bridgehead atoms. The standard InChI is InChI=1S/C24H48N2O6/c1-2-3-4-5-6-24-23-31-17-11-25-7-13-27-19-21-29-15-9-26(12-18-32-24)10-16-30-22-20-28-14-8-25/h24H,2-23H2,1H3. The molecule has 3 rings (SSSR count). The summed E-state index contributed by atoms with van der Waals surface area (Å²) in [4.78, 5) is 4.71. The van der Waals surface area contributed by atoms with Crippen molar-refractivity contribution in [2.45, 2.75) is 45.1 Å². The van der Waals surface area contributed by atoms with E-state index in [2.05, 4.69) is 16.7 Å². The average Bonchev–Trinajstić information content (AvgIpc) is 2.80. The van der Waals surface area contributed by atoms with E-state index < -0.39 is 0 Å². The Balaban J connectivity index is 1.94. The number of hydrogen-bond donors (Lipinski definition) is 0. The van der Waals surface area contributed by atoms with Crippen molar-refractivity contribution in [2.75, 3.05) is 112 Å². The number of unbranched alkanes of at least 4 members (excludes halogenated alkanes) is 3. The largest absolute Gasteiger partial charge is 0.378 e. The Labute approximate surface area is 195 Å². The lowest BCUT2D eigenvalue weighted by Crippen LogP contribution is -2.37. The highest BCUT2D eigenvalue weighted by molar-refractivity contribution is 4.63. The third kappa shape index (κ3) is 14.8. The van der Waals surface area contributed by atoms with Crippen LogP contribution in [0.3, 0.4) is 0 Å². The number of fused-ring (bicyclic) bond motifs is 21. The topological polar surface area (TPSA) is 61.9 Å². The molecule has 8 heteroatoms. The lowest BCUT2D eigenvalue weighted by atomic mass is 10.1. The molecule has 32 heavy (non-hydrogen) atoms. The molecule has 0 aromatic rings. The molecule has 3 aliphatic heterocycles. The van der Waals surface area contributed by atoms with E-state index in [1.54, 1.807) is 0 Å². The van der Waals surface area contributed by atoms with E-state index in [1.807, 2.05) is 0 Å². The first kappa shape index (κ1) is 27.9. The van der Waals surface area contributed by atoms with Crippen molar-refractivity contribution in [1.29, 1.82) is 0 Å². The lowest BCUT2D eigenvalue weighted by molar-refractivity contribution is -0.0420. The SMILES string of the molecule is CCCCCCC1COCCN2CCOCCOCCN(CCOCCOCC2)CCO1. The molecular weight excluding hydrogens is 412 g/mol. The van der Waals surface area contributed by atoms with Crippen molar-refractivity contribution < 1.29 is 28.4 Å². The van der Waals surface area contributed by atoms with Gasteiger partial charge in [-0.1, -0.05) is 32.6 Å². The highest BCUT2D eigenvalue weighted by Crippen LogP contribution is 2.10. The van der Waals surface area contributed by atoms with Crippen LogP contribution in [0.4, 0.5) is 0 Å². The molecule has 0 N–H and O–H groups in total. The zero-order valence-electron chi connectivity index (χ0n) is 20.5. The molecule has 0 aromatic carbocycles. The number of rotatable bonds is 5. The molecule has 1 atom stereocenters. The van der Waals surface area contributed by atoms with Gasteiger partial charge in [-0.3, -0.25) is 9.80 Å². The Morgan fingerprint density at radius 3 is 1.50 bits per heavy atom. The Hall–Kier alpha value is -0.320. The molecule has 0 aliphatic carbocycles. The predicted molar refractivity (Wildman–Crippen MR) is 125 cm³/mol. The molecule has 3 saturated heterocycles. The van der Waals surface area contributed by atoms with E-state index in [9.17, 15) is 0 Å². The van der Waals surface area contributed by atoms with Crippen LogP contribution in [0.1, 0.15) is 39.0 Å². The Kier molecular flexibility index (Phi) is 17.5. The third-order valence-electron chi connectivity index (χ3n) is 5.95. The average molecular weight is 461 g/mol. The fourth-order valence-electron chi connectivity index (χ4n) is 3.86. The summed E-state index contributed by atoms with van der Waals surface area (Å²) in [6.45, 7) is 14.9. The van der Waals surface area contributed by atoms with Crippen LogP contribution in [0.2, 0.25) is 0 Å². The van der Waals surface area contributed by atoms with Crippen molar-refractivity contribution in [2.24, 2.45) is 0 Å². The van der Waals surface area contributed by atoms with E-state index in [0.717, 1.165) is 45.7 Å². The van der Waals surface area contributed by atoms with Crippen molar-refractivity contribution in [1.82, 2.24) is 9.80 Å². The van der Waals surface area contributed by atoms with Crippen LogP contribution in [0.5, 0.6) is 0 Å². The predicted octanol–water partition coefficient (Wildman–Crippen LogP) is 2.06. The van der Waals surface area contributed by atoms with E-state index in [-0.39, 0.29) is 6.10 Å². The molecule has 0 spiro atoms. The summed E-state index contributed by atoms with van der Waals surface area (Å²) in [5.41, 5.74) is 0. The van der Waals surface area contributed by atoms with Gasteiger partial charge in [-0.2, -0.15) is 0 Å². The molecule has 3 aliphatic rings. The molecule has 3 fully saturated rings. The minimum absolute atomic E-state index is 0.166. The van der Waals surface area contributed by atoms with Crippen molar-refractivity contribution in [3.05, 3.63) is 0 Å². The van der Waals surface area contributed by atoms with Gasteiger partial charge in [0.05, 0.1) is 78.8 Å². The van der Waals surface area contributed by atoms with Crippen molar-refractivity contribution in [3.63, 3.8) is 0 Å². The summed E-state index contributed by atoms with van der Waals surface area (Å²) >= 11 is 0. The van der Waals surface area contributed by atoms with Gasteiger partial charge in [-0.15, -0.1) is 0 Å². The second-order valence-electron chi connectivity index (χ2n) is 8.55. The van der Waals surface area contributed by atoms with Crippen molar-refractivity contribution in [3.8, 4) is 0 Å². The minimum atomic E-state index is 0.166. The summed E-state index contributed by atoms with van der Waals surface area (Å²) in [5.74, 6) is 0. The van der Waals surface area contributed by atoms with Crippen LogP contribution >= 0.6 is 0 Å². The van der Waals surface area contributed by atoms with Gasteiger partial charge in [0.2, 0.25) is 0 Å². The summed E-state index contributed by atoms with van der Waals surface area (Å²) < 4.78 is 35.5. The normalized spacial score (nSPS) is 29.3. The number of ether oxygens (including phenoxy) is 6. The maximum Gasteiger partial charge on any atom is 0.0809 e.